The van der Waals surface area contributed by atoms with Crippen LogP contribution in [0.1, 0.15) is 107 Å². The highest BCUT2D eigenvalue weighted by atomic mass is 16.3. The predicted molar refractivity (Wildman–Crippen MR) is 160 cm³/mol. The molecule has 0 aromatic heterocycles. The summed E-state index contributed by atoms with van der Waals surface area (Å²) in [7, 11) is 0. The minimum atomic E-state index is -0.735. The number of hydrogen-bond acceptors (Lipinski definition) is 6. The number of aliphatic hydroxyl groups is 1. The van der Waals surface area contributed by atoms with Gasteiger partial charge in [0.05, 0.1) is 5.92 Å². The number of nitrogens with two attached hydrogens (primary N) is 1. The smallest absolute Gasteiger partial charge is 0.224 e. The fourth-order valence-electron chi connectivity index (χ4n) is 5.84. The van der Waals surface area contributed by atoms with Crippen LogP contribution < -0.4 is 27.0 Å². The molecule has 2 amide bonds. The monoisotopic (exact) mass is 541 g/mol. The average Bonchev–Trinajstić information content (AvgIpc) is 2.82. The molecule has 5 unspecified atom stereocenters. The van der Waals surface area contributed by atoms with Gasteiger partial charge in [0, 0.05) is 44.7 Å². The average molecular weight is 542 g/mol. The van der Waals surface area contributed by atoms with Crippen molar-refractivity contribution in [1.29, 1.82) is 0 Å². The first-order valence-electron chi connectivity index (χ1n) is 15.2. The van der Waals surface area contributed by atoms with Crippen molar-refractivity contribution in [3.63, 3.8) is 0 Å². The summed E-state index contributed by atoms with van der Waals surface area (Å²) in [5, 5.41) is 23.9. The molecule has 5 atom stereocenters. The van der Waals surface area contributed by atoms with E-state index < -0.39 is 17.7 Å². The molecular weight excluding hydrogens is 478 g/mol. The molecule has 0 aliphatic rings. The Bertz CT molecular complexity index is 660. The first-order chi connectivity index (χ1) is 17.8. The topological polar surface area (TPSA) is 129 Å². The van der Waals surface area contributed by atoms with Crippen molar-refractivity contribution in [2.75, 3.05) is 32.7 Å². The van der Waals surface area contributed by atoms with E-state index in [1.165, 1.54) is 0 Å². The number of amides is 2. The molecule has 226 valence electrons. The van der Waals surface area contributed by atoms with E-state index in [0.717, 1.165) is 19.3 Å². The van der Waals surface area contributed by atoms with Gasteiger partial charge in [0.2, 0.25) is 11.8 Å². The highest BCUT2D eigenvalue weighted by molar-refractivity contribution is 5.81. The lowest BCUT2D eigenvalue weighted by Crippen LogP contribution is -2.57. The van der Waals surface area contributed by atoms with Gasteiger partial charge in [0.15, 0.2) is 0 Å². The van der Waals surface area contributed by atoms with Crippen molar-refractivity contribution in [3.8, 4) is 0 Å². The van der Waals surface area contributed by atoms with Crippen LogP contribution >= 0.6 is 0 Å². The summed E-state index contributed by atoms with van der Waals surface area (Å²) in [5.41, 5.74) is 4.97. The second kappa shape index (κ2) is 19.0. The molecule has 0 aliphatic carbocycles. The second-order valence-corrected chi connectivity index (χ2v) is 12.5. The van der Waals surface area contributed by atoms with Crippen LogP contribution in [0.2, 0.25) is 0 Å². The lowest BCUT2D eigenvalue weighted by Gasteiger charge is -2.43. The molecule has 8 heteroatoms. The standard InChI is InChI=1S/C30H63N5O3/c1-10-29(8,21-23(6)7)24(19-22(4)5)20-27(37)35-30(9,11-2)25(28(38)33-12-3)13-14-26(36)34-18-17-32-16-15-31/h22-25,27,32,35,37H,10-21,31H2,1-9H3,(H,33,38)(H,34,36). The third-order valence-electron chi connectivity index (χ3n) is 8.20. The van der Waals surface area contributed by atoms with E-state index in [2.05, 4.69) is 62.8 Å². The molecule has 0 saturated carbocycles. The van der Waals surface area contributed by atoms with Crippen molar-refractivity contribution in [2.45, 2.75) is 119 Å². The normalized spacial score (nSPS) is 17.5. The zero-order valence-electron chi connectivity index (χ0n) is 26.2. The van der Waals surface area contributed by atoms with E-state index in [9.17, 15) is 14.7 Å². The molecule has 7 N–H and O–H groups in total. The molecule has 0 aromatic carbocycles. The summed E-state index contributed by atoms with van der Waals surface area (Å²) < 4.78 is 0. The van der Waals surface area contributed by atoms with Gasteiger partial charge >= 0.3 is 0 Å². The summed E-state index contributed by atoms with van der Waals surface area (Å²) in [5.74, 6) is 0.892. The Morgan fingerprint density at radius 2 is 1.55 bits per heavy atom. The van der Waals surface area contributed by atoms with Crippen LogP contribution in [0, 0.1) is 29.1 Å². The minimum absolute atomic E-state index is 0.0720. The number of hydrogen-bond donors (Lipinski definition) is 6. The Morgan fingerprint density at radius 3 is 2.05 bits per heavy atom. The van der Waals surface area contributed by atoms with Crippen molar-refractivity contribution in [3.05, 3.63) is 0 Å². The van der Waals surface area contributed by atoms with E-state index in [0.29, 0.717) is 69.7 Å². The first-order valence-corrected chi connectivity index (χ1v) is 15.2. The van der Waals surface area contributed by atoms with Gasteiger partial charge in [-0.25, -0.2) is 0 Å². The maximum atomic E-state index is 13.2. The minimum Gasteiger partial charge on any atom is -0.379 e. The van der Waals surface area contributed by atoms with Gasteiger partial charge in [0.1, 0.15) is 6.23 Å². The summed E-state index contributed by atoms with van der Waals surface area (Å²) in [6.45, 7) is 22.6. The van der Waals surface area contributed by atoms with E-state index in [4.69, 9.17) is 5.73 Å². The van der Waals surface area contributed by atoms with Crippen molar-refractivity contribution in [1.82, 2.24) is 21.3 Å². The van der Waals surface area contributed by atoms with Crippen LogP contribution in [0.15, 0.2) is 0 Å². The van der Waals surface area contributed by atoms with Crippen LogP contribution in [-0.4, -0.2) is 61.4 Å². The third-order valence-corrected chi connectivity index (χ3v) is 8.20. The summed E-state index contributed by atoms with van der Waals surface area (Å²) in [4.78, 5) is 25.7. The number of nitrogens with one attached hydrogen (secondary N) is 4. The Hall–Kier alpha value is -1.22. The number of carbonyl (C=O) groups is 2. The first kappa shape index (κ1) is 36.8. The molecule has 38 heavy (non-hydrogen) atoms. The largest absolute Gasteiger partial charge is 0.379 e. The molecule has 0 saturated heterocycles. The lowest BCUT2D eigenvalue weighted by molar-refractivity contribution is -0.129. The number of rotatable bonds is 22. The quantitative estimate of drug-likeness (QED) is 0.0914. The molecular formula is C30H63N5O3. The van der Waals surface area contributed by atoms with Gasteiger partial charge in [-0.3, -0.25) is 14.9 Å². The Kier molecular flexibility index (Phi) is 18.3. The molecule has 0 aliphatic heterocycles. The molecule has 0 bridgehead atoms. The highest BCUT2D eigenvalue weighted by Gasteiger charge is 2.41. The molecule has 0 rings (SSSR count). The Labute approximate surface area is 234 Å². The van der Waals surface area contributed by atoms with Crippen molar-refractivity contribution in [2.24, 2.45) is 34.8 Å². The van der Waals surface area contributed by atoms with Gasteiger partial charge in [-0.2, -0.15) is 0 Å². The molecule has 0 heterocycles. The summed E-state index contributed by atoms with van der Waals surface area (Å²) in [6, 6.07) is 0. The maximum Gasteiger partial charge on any atom is 0.224 e. The summed E-state index contributed by atoms with van der Waals surface area (Å²) in [6.07, 6.45) is 4.47. The number of aliphatic hydroxyl groups excluding tert-OH is 1. The van der Waals surface area contributed by atoms with Crippen molar-refractivity contribution >= 4 is 11.8 Å². The maximum absolute atomic E-state index is 13.2. The van der Waals surface area contributed by atoms with Gasteiger partial charge in [0.25, 0.3) is 0 Å². The van der Waals surface area contributed by atoms with E-state index >= 15 is 0 Å². The fourth-order valence-corrected chi connectivity index (χ4v) is 5.84. The van der Waals surface area contributed by atoms with Crippen molar-refractivity contribution < 1.29 is 14.7 Å². The molecule has 8 nitrogen and oxygen atoms in total. The van der Waals surface area contributed by atoms with Gasteiger partial charge in [-0.05, 0) is 69.1 Å². The number of carbonyl (C=O) groups excluding carboxylic acids is 2. The lowest BCUT2D eigenvalue weighted by atomic mass is 9.66. The highest BCUT2D eigenvalue weighted by Crippen LogP contribution is 2.43. The molecule has 0 radical (unpaired) electrons. The Balaban J connectivity index is 5.58. The fraction of sp³-hybridized carbons (Fsp3) is 0.933. The molecule has 0 aromatic rings. The Morgan fingerprint density at radius 1 is 0.895 bits per heavy atom. The summed E-state index contributed by atoms with van der Waals surface area (Å²) >= 11 is 0. The van der Waals surface area contributed by atoms with Crippen LogP contribution in [0.4, 0.5) is 0 Å². The van der Waals surface area contributed by atoms with E-state index in [-0.39, 0.29) is 23.7 Å². The second-order valence-electron chi connectivity index (χ2n) is 12.5. The zero-order chi connectivity index (χ0) is 29.4. The SMILES string of the molecule is CCNC(=O)C(CCC(=O)NCCNCCN)C(C)(CC)NC(O)CC(CC(C)C)C(C)(CC)CC(C)C. The molecule has 0 fully saturated rings. The van der Waals surface area contributed by atoms with E-state index in [1.807, 2.05) is 20.8 Å². The van der Waals surface area contributed by atoms with Crippen LogP contribution in [0.25, 0.3) is 0 Å². The van der Waals surface area contributed by atoms with Gasteiger partial charge in [-0.1, -0.05) is 54.9 Å². The van der Waals surface area contributed by atoms with Crippen LogP contribution in [0.5, 0.6) is 0 Å². The van der Waals surface area contributed by atoms with Crippen LogP contribution in [0.3, 0.4) is 0 Å². The third kappa shape index (κ3) is 13.7. The van der Waals surface area contributed by atoms with Crippen LogP contribution in [-0.2, 0) is 9.59 Å². The molecule has 0 spiro atoms. The zero-order valence-corrected chi connectivity index (χ0v) is 26.2. The predicted octanol–water partition coefficient (Wildman–Crippen LogP) is 3.77. The van der Waals surface area contributed by atoms with Gasteiger partial charge in [-0.15, -0.1) is 0 Å². The van der Waals surface area contributed by atoms with E-state index in [1.54, 1.807) is 0 Å². The van der Waals surface area contributed by atoms with Gasteiger partial charge < -0.3 is 26.8 Å².